The minimum Gasteiger partial charge on any atom is -0.392 e. The second kappa shape index (κ2) is 7.03. The van der Waals surface area contributed by atoms with E-state index in [1.807, 2.05) is 23.5 Å². The van der Waals surface area contributed by atoms with Crippen LogP contribution >= 0.6 is 11.3 Å². The minimum atomic E-state index is -0.381. The van der Waals surface area contributed by atoms with E-state index in [9.17, 15) is 5.11 Å². The first kappa shape index (κ1) is 15.2. The molecule has 2 N–H and O–H groups in total. The fourth-order valence-electron chi connectivity index (χ4n) is 2.15. The van der Waals surface area contributed by atoms with E-state index in [4.69, 9.17) is 4.74 Å². The van der Waals surface area contributed by atoms with Crippen LogP contribution in [0.1, 0.15) is 12.6 Å². The lowest BCUT2D eigenvalue weighted by Gasteiger charge is -2.20. The molecule has 0 radical (unpaired) electrons. The molecule has 2 aromatic heterocycles. The third-order valence-corrected chi connectivity index (χ3v) is 3.77. The first-order chi connectivity index (χ1) is 9.63. The van der Waals surface area contributed by atoms with Gasteiger partial charge in [0.15, 0.2) is 10.8 Å². The molecule has 2 aromatic rings. The van der Waals surface area contributed by atoms with Gasteiger partial charge >= 0.3 is 0 Å². The molecule has 0 fully saturated rings. The standard InChI is InChI=1S/C13H22N4O2S/c1-10(18)9-16(2)12-11(8-14-4-6-19-3)17-5-7-20-13(17)15-12/h5,7,10,14,18H,4,6,8-9H2,1-3H3. The van der Waals surface area contributed by atoms with Gasteiger partial charge in [0.2, 0.25) is 0 Å². The monoisotopic (exact) mass is 298 g/mol. The molecule has 0 saturated carbocycles. The van der Waals surface area contributed by atoms with Crippen LogP contribution in [0.4, 0.5) is 5.82 Å². The molecule has 0 aliphatic rings. The quantitative estimate of drug-likeness (QED) is 0.711. The Kier molecular flexibility index (Phi) is 5.36. The van der Waals surface area contributed by atoms with Gasteiger partial charge in [-0.3, -0.25) is 4.40 Å². The molecule has 2 heterocycles. The Balaban J connectivity index is 2.17. The fourth-order valence-corrected chi connectivity index (χ4v) is 2.88. The zero-order valence-electron chi connectivity index (χ0n) is 12.2. The van der Waals surface area contributed by atoms with Crippen LogP contribution in [0, 0.1) is 0 Å². The van der Waals surface area contributed by atoms with Gasteiger partial charge in [0, 0.05) is 45.4 Å². The van der Waals surface area contributed by atoms with Crippen LogP contribution < -0.4 is 10.2 Å². The molecule has 0 amide bonds. The molecule has 6 nitrogen and oxygen atoms in total. The van der Waals surface area contributed by atoms with Crippen LogP contribution in [0.3, 0.4) is 0 Å². The summed E-state index contributed by atoms with van der Waals surface area (Å²) in [6, 6.07) is 0. The van der Waals surface area contributed by atoms with Crippen molar-refractivity contribution in [3.8, 4) is 0 Å². The molecule has 0 spiro atoms. The summed E-state index contributed by atoms with van der Waals surface area (Å²) in [4.78, 5) is 7.62. The summed E-state index contributed by atoms with van der Waals surface area (Å²) in [7, 11) is 3.65. The van der Waals surface area contributed by atoms with Crippen molar-refractivity contribution in [3.63, 3.8) is 0 Å². The van der Waals surface area contributed by atoms with Gasteiger partial charge < -0.3 is 20.1 Å². The SMILES string of the molecule is COCCNCc1c(N(C)CC(C)O)nc2sccn12. The topological polar surface area (TPSA) is 62.0 Å². The number of fused-ring (bicyclic) bond motifs is 1. The molecule has 112 valence electrons. The number of methoxy groups -OCH3 is 1. The first-order valence-electron chi connectivity index (χ1n) is 6.66. The number of nitrogens with one attached hydrogen (secondary N) is 1. The van der Waals surface area contributed by atoms with E-state index in [-0.39, 0.29) is 6.10 Å². The number of hydrogen-bond donors (Lipinski definition) is 2. The van der Waals surface area contributed by atoms with Gasteiger partial charge in [-0.1, -0.05) is 0 Å². The van der Waals surface area contributed by atoms with E-state index >= 15 is 0 Å². The van der Waals surface area contributed by atoms with Crippen LogP contribution in [0.25, 0.3) is 4.96 Å². The number of ether oxygens (including phenoxy) is 1. The lowest BCUT2D eigenvalue weighted by Crippen LogP contribution is -2.29. The van der Waals surface area contributed by atoms with Crippen LogP contribution in [0.15, 0.2) is 11.6 Å². The predicted molar refractivity (Wildman–Crippen MR) is 81.6 cm³/mol. The smallest absolute Gasteiger partial charge is 0.195 e. The van der Waals surface area contributed by atoms with Crippen molar-refractivity contribution in [2.75, 3.05) is 38.8 Å². The molecular weight excluding hydrogens is 276 g/mol. The molecule has 2 rings (SSSR count). The highest BCUT2D eigenvalue weighted by Crippen LogP contribution is 2.24. The molecular formula is C13H22N4O2S. The maximum Gasteiger partial charge on any atom is 0.195 e. The van der Waals surface area contributed by atoms with Crippen molar-refractivity contribution in [1.82, 2.24) is 14.7 Å². The number of nitrogens with zero attached hydrogens (tertiary/aromatic N) is 3. The molecule has 7 heteroatoms. The van der Waals surface area contributed by atoms with Crippen molar-refractivity contribution in [2.24, 2.45) is 0 Å². The average Bonchev–Trinajstić information content (AvgIpc) is 2.95. The summed E-state index contributed by atoms with van der Waals surface area (Å²) in [5.41, 5.74) is 1.11. The van der Waals surface area contributed by atoms with Gasteiger partial charge in [-0.2, -0.15) is 0 Å². The van der Waals surface area contributed by atoms with E-state index in [1.54, 1.807) is 25.4 Å². The largest absolute Gasteiger partial charge is 0.392 e. The third-order valence-electron chi connectivity index (χ3n) is 3.01. The van der Waals surface area contributed by atoms with E-state index in [2.05, 4.69) is 14.7 Å². The van der Waals surface area contributed by atoms with Crippen molar-refractivity contribution in [1.29, 1.82) is 0 Å². The lowest BCUT2D eigenvalue weighted by atomic mass is 10.3. The zero-order chi connectivity index (χ0) is 14.5. The number of aliphatic hydroxyl groups is 1. The number of aromatic nitrogens is 2. The van der Waals surface area contributed by atoms with Gasteiger partial charge in [-0.15, -0.1) is 11.3 Å². The fraction of sp³-hybridized carbons (Fsp3) is 0.615. The van der Waals surface area contributed by atoms with E-state index in [0.717, 1.165) is 29.6 Å². The normalized spacial score (nSPS) is 13.0. The average molecular weight is 298 g/mol. The van der Waals surface area contributed by atoms with E-state index < -0.39 is 0 Å². The number of imidazole rings is 1. The van der Waals surface area contributed by atoms with E-state index in [0.29, 0.717) is 13.2 Å². The number of anilines is 1. The van der Waals surface area contributed by atoms with Crippen molar-refractivity contribution >= 4 is 22.1 Å². The molecule has 0 saturated heterocycles. The van der Waals surface area contributed by atoms with Crippen molar-refractivity contribution in [2.45, 2.75) is 19.6 Å². The Labute approximate surface area is 123 Å². The molecule has 20 heavy (non-hydrogen) atoms. The number of rotatable bonds is 8. The predicted octanol–water partition coefficient (Wildman–Crippen LogP) is 0.949. The van der Waals surface area contributed by atoms with Gasteiger partial charge in [-0.05, 0) is 6.92 Å². The Hall–Kier alpha value is -1.15. The number of aliphatic hydroxyl groups excluding tert-OH is 1. The Morgan fingerprint density at radius 1 is 1.60 bits per heavy atom. The van der Waals surface area contributed by atoms with Gasteiger partial charge in [-0.25, -0.2) is 4.98 Å². The first-order valence-corrected chi connectivity index (χ1v) is 7.54. The second-order valence-electron chi connectivity index (χ2n) is 4.84. The Bertz CT molecular complexity index is 537. The lowest BCUT2D eigenvalue weighted by molar-refractivity contribution is 0.199. The molecule has 1 atom stereocenters. The summed E-state index contributed by atoms with van der Waals surface area (Å²) in [6.45, 7) is 4.56. The highest BCUT2D eigenvalue weighted by atomic mass is 32.1. The molecule has 0 bridgehead atoms. The minimum absolute atomic E-state index is 0.381. The summed E-state index contributed by atoms with van der Waals surface area (Å²) < 4.78 is 7.13. The van der Waals surface area contributed by atoms with Gasteiger partial charge in [0.25, 0.3) is 0 Å². The summed E-state index contributed by atoms with van der Waals surface area (Å²) in [6.07, 6.45) is 1.65. The summed E-state index contributed by atoms with van der Waals surface area (Å²) >= 11 is 1.61. The van der Waals surface area contributed by atoms with Crippen LogP contribution in [-0.2, 0) is 11.3 Å². The Morgan fingerprint density at radius 3 is 3.10 bits per heavy atom. The van der Waals surface area contributed by atoms with Gasteiger partial charge in [0.05, 0.1) is 18.4 Å². The number of hydrogen-bond acceptors (Lipinski definition) is 6. The van der Waals surface area contributed by atoms with Crippen LogP contribution in [0.5, 0.6) is 0 Å². The highest BCUT2D eigenvalue weighted by molar-refractivity contribution is 7.15. The molecule has 0 aromatic carbocycles. The second-order valence-corrected chi connectivity index (χ2v) is 5.71. The molecule has 0 aliphatic heterocycles. The zero-order valence-corrected chi connectivity index (χ0v) is 13.0. The number of thiazole rings is 1. The number of likely N-dealkylation sites (N-methyl/N-ethyl adjacent to an activating group) is 1. The third kappa shape index (κ3) is 3.49. The van der Waals surface area contributed by atoms with Crippen LogP contribution in [0.2, 0.25) is 0 Å². The Morgan fingerprint density at radius 2 is 2.40 bits per heavy atom. The maximum atomic E-state index is 9.54. The van der Waals surface area contributed by atoms with Gasteiger partial charge in [0.1, 0.15) is 0 Å². The van der Waals surface area contributed by atoms with Crippen LogP contribution in [-0.4, -0.2) is 54.4 Å². The molecule has 0 aliphatic carbocycles. The summed E-state index contributed by atoms with van der Waals surface area (Å²) in [5, 5.41) is 14.9. The van der Waals surface area contributed by atoms with Crippen molar-refractivity contribution in [3.05, 3.63) is 17.3 Å². The maximum absolute atomic E-state index is 9.54. The van der Waals surface area contributed by atoms with E-state index in [1.165, 1.54) is 0 Å². The highest BCUT2D eigenvalue weighted by Gasteiger charge is 2.17. The molecule has 1 unspecified atom stereocenters. The van der Waals surface area contributed by atoms with Crippen molar-refractivity contribution < 1.29 is 9.84 Å². The summed E-state index contributed by atoms with van der Waals surface area (Å²) in [5.74, 6) is 0.919.